The first-order valence-electron chi connectivity index (χ1n) is 7.43. The van der Waals surface area contributed by atoms with Crippen LogP contribution in [-0.2, 0) is 13.0 Å². The van der Waals surface area contributed by atoms with Crippen LogP contribution in [0.15, 0.2) is 42.5 Å². The van der Waals surface area contributed by atoms with Crippen molar-refractivity contribution in [2.45, 2.75) is 25.1 Å². The van der Waals surface area contributed by atoms with Crippen molar-refractivity contribution in [3.63, 3.8) is 0 Å². The highest BCUT2D eigenvalue weighted by Gasteiger charge is 2.30. The van der Waals surface area contributed by atoms with Gasteiger partial charge in [0.05, 0.1) is 20.3 Å². The summed E-state index contributed by atoms with van der Waals surface area (Å²) in [4.78, 5) is 0. The van der Waals surface area contributed by atoms with Crippen molar-refractivity contribution in [2.24, 2.45) is 0 Å². The molecular weight excluding hydrogens is 278 g/mol. The number of fused-ring (bicyclic) bond motifs is 1. The zero-order valence-corrected chi connectivity index (χ0v) is 12.9. The van der Waals surface area contributed by atoms with Crippen molar-refractivity contribution >= 4 is 0 Å². The molecule has 4 nitrogen and oxygen atoms in total. The molecule has 0 amide bonds. The van der Waals surface area contributed by atoms with Crippen LogP contribution in [0.2, 0.25) is 0 Å². The molecule has 0 fully saturated rings. The molecule has 0 heterocycles. The van der Waals surface area contributed by atoms with Gasteiger partial charge in [-0.1, -0.05) is 30.3 Å². The number of aliphatic hydroxyl groups is 1. The van der Waals surface area contributed by atoms with Crippen molar-refractivity contribution in [1.82, 2.24) is 5.32 Å². The minimum atomic E-state index is -0.475. The molecule has 1 aliphatic carbocycles. The number of nitrogens with one attached hydrogen (secondary N) is 1. The van der Waals surface area contributed by atoms with E-state index in [9.17, 15) is 5.11 Å². The van der Waals surface area contributed by atoms with Crippen molar-refractivity contribution in [3.05, 3.63) is 59.2 Å². The summed E-state index contributed by atoms with van der Waals surface area (Å²) < 4.78 is 10.8. The van der Waals surface area contributed by atoms with Gasteiger partial charge in [-0.05, 0) is 29.7 Å². The van der Waals surface area contributed by atoms with Crippen molar-refractivity contribution in [1.29, 1.82) is 0 Å². The summed E-state index contributed by atoms with van der Waals surface area (Å²) in [7, 11) is 3.30. The van der Waals surface area contributed by atoms with Crippen molar-refractivity contribution < 1.29 is 14.6 Å². The van der Waals surface area contributed by atoms with E-state index in [-0.39, 0.29) is 6.04 Å². The van der Waals surface area contributed by atoms with Crippen molar-refractivity contribution in [2.75, 3.05) is 14.2 Å². The third-order valence-electron chi connectivity index (χ3n) is 4.27. The van der Waals surface area contributed by atoms with Crippen LogP contribution in [0.25, 0.3) is 0 Å². The number of ether oxygens (including phenoxy) is 2. The van der Waals surface area contributed by atoms with Gasteiger partial charge in [0.15, 0.2) is 0 Å². The lowest BCUT2D eigenvalue weighted by molar-refractivity contribution is 0.141. The molecule has 0 saturated carbocycles. The van der Waals surface area contributed by atoms with Gasteiger partial charge in [-0.25, -0.2) is 0 Å². The van der Waals surface area contributed by atoms with Crippen LogP contribution < -0.4 is 14.8 Å². The van der Waals surface area contributed by atoms with Gasteiger partial charge in [-0.15, -0.1) is 0 Å². The summed E-state index contributed by atoms with van der Waals surface area (Å²) in [5, 5.41) is 13.9. The van der Waals surface area contributed by atoms with E-state index in [1.165, 1.54) is 5.56 Å². The van der Waals surface area contributed by atoms with Crippen LogP contribution in [0.1, 0.15) is 22.8 Å². The van der Waals surface area contributed by atoms with Crippen LogP contribution >= 0.6 is 0 Å². The Morgan fingerprint density at radius 1 is 1.05 bits per heavy atom. The van der Waals surface area contributed by atoms with E-state index in [0.717, 1.165) is 29.0 Å². The van der Waals surface area contributed by atoms with E-state index in [4.69, 9.17) is 9.47 Å². The number of hydrogen-bond donors (Lipinski definition) is 2. The molecule has 1 aliphatic rings. The molecular formula is C18H21NO3. The first-order valence-corrected chi connectivity index (χ1v) is 7.43. The van der Waals surface area contributed by atoms with E-state index in [1.54, 1.807) is 14.2 Å². The second-order valence-corrected chi connectivity index (χ2v) is 5.48. The summed E-state index contributed by atoms with van der Waals surface area (Å²) in [5.74, 6) is 1.58. The molecule has 0 spiro atoms. The fraction of sp³-hybridized carbons (Fsp3) is 0.333. The summed E-state index contributed by atoms with van der Waals surface area (Å²) in [5.41, 5.74) is 3.20. The van der Waals surface area contributed by atoms with E-state index < -0.39 is 6.10 Å². The maximum absolute atomic E-state index is 10.4. The molecule has 0 aromatic heterocycles. The summed E-state index contributed by atoms with van der Waals surface area (Å²) >= 11 is 0. The third-order valence-corrected chi connectivity index (χ3v) is 4.27. The standard InChI is InChI=1S/C18H21NO3/c1-21-16-8-5-9-17(22-2)14(16)11-19-15-10-12-6-3-4-7-13(12)18(15)20/h3-9,15,18-20H,10-11H2,1-2H3/t15-,18-/m0/s1. The highest BCUT2D eigenvalue weighted by atomic mass is 16.5. The molecule has 0 aliphatic heterocycles. The molecule has 0 saturated heterocycles. The Morgan fingerprint density at radius 2 is 1.73 bits per heavy atom. The van der Waals surface area contributed by atoms with Gasteiger partial charge in [0.25, 0.3) is 0 Å². The first kappa shape index (κ1) is 14.9. The third kappa shape index (κ3) is 2.67. The summed E-state index contributed by atoms with van der Waals surface area (Å²) in [6.07, 6.45) is 0.353. The smallest absolute Gasteiger partial charge is 0.127 e. The zero-order valence-electron chi connectivity index (χ0n) is 12.9. The Labute approximate surface area is 130 Å². The lowest BCUT2D eigenvalue weighted by atomic mass is 10.1. The van der Waals surface area contributed by atoms with Crippen LogP contribution in [0.4, 0.5) is 0 Å². The Kier molecular flexibility index (Phi) is 4.32. The normalized spacial score (nSPS) is 19.8. The van der Waals surface area contributed by atoms with Crippen LogP contribution in [0, 0.1) is 0 Å². The zero-order chi connectivity index (χ0) is 15.5. The molecule has 22 heavy (non-hydrogen) atoms. The molecule has 0 bridgehead atoms. The van der Waals surface area contributed by atoms with E-state index in [2.05, 4.69) is 11.4 Å². The second-order valence-electron chi connectivity index (χ2n) is 5.48. The number of methoxy groups -OCH3 is 2. The fourth-order valence-electron chi connectivity index (χ4n) is 3.09. The number of rotatable bonds is 5. The molecule has 2 atom stereocenters. The lowest BCUT2D eigenvalue weighted by Gasteiger charge is -2.19. The van der Waals surface area contributed by atoms with E-state index in [1.807, 2.05) is 36.4 Å². The predicted molar refractivity (Wildman–Crippen MR) is 85.3 cm³/mol. The first-order chi connectivity index (χ1) is 10.7. The molecule has 2 N–H and O–H groups in total. The quantitative estimate of drug-likeness (QED) is 0.890. The molecule has 0 unspecified atom stereocenters. The molecule has 2 aromatic rings. The molecule has 4 heteroatoms. The minimum Gasteiger partial charge on any atom is -0.496 e. The number of hydrogen-bond acceptors (Lipinski definition) is 4. The monoisotopic (exact) mass is 299 g/mol. The summed E-state index contributed by atoms with van der Waals surface area (Å²) in [6.45, 7) is 0.586. The average molecular weight is 299 g/mol. The average Bonchev–Trinajstić information content (AvgIpc) is 2.89. The number of aliphatic hydroxyl groups excluding tert-OH is 1. The van der Waals surface area contributed by atoms with Gasteiger partial charge in [0, 0.05) is 18.2 Å². The maximum atomic E-state index is 10.4. The highest BCUT2D eigenvalue weighted by molar-refractivity contribution is 5.45. The highest BCUT2D eigenvalue weighted by Crippen LogP contribution is 2.33. The van der Waals surface area contributed by atoms with E-state index in [0.29, 0.717) is 6.54 Å². The Hall–Kier alpha value is -2.04. The van der Waals surface area contributed by atoms with Crippen molar-refractivity contribution in [3.8, 4) is 11.5 Å². The SMILES string of the molecule is COc1cccc(OC)c1CN[C@H]1Cc2ccccc2[C@@H]1O. The maximum Gasteiger partial charge on any atom is 0.127 e. The molecule has 3 rings (SSSR count). The molecule has 2 aromatic carbocycles. The second kappa shape index (κ2) is 6.38. The van der Waals surface area contributed by atoms with Gasteiger partial charge >= 0.3 is 0 Å². The Bertz CT molecular complexity index is 634. The van der Waals surface area contributed by atoms with Gasteiger partial charge < -0.3 is 19.9 Å². The van der Waals surface area contributed by atoms with Crippen LogP contribution in [0.3, 0.4) is 0 Å². The molecule has 0 radical (unpaired) electrons. The topological polar surface area (TPSA) is 50.7 Å². The largest absolute Gasteiger partial charge is 0.496 e. The summed E-state index contributed by atoms with van der Waals surface area (Å²) in [6, 6.07) is 13.8. The van der Waals surface area contributed by atoms with Crippen LogP contribution in [-0.4, -0.2) is 25.4 Å². The fourth-order valence-corrected chi connectivity index (χ4v) is 3.09. The Morgan fingerprint density at radius 3 is 2.36 bits per heavy atom. The van der Waals surface area contributed by atoms with Gasteiger partial charge in [-0.2, -0.15) is 0 Å². The van der Waals surface area contributed by atoms with E-state index >= 15 is 0 Å². The molecule has 116 valence electrons. The number of benzene rings is 2. The minimum absolute atomic E-state index is 0.00650. The lowest BCUT2D eigenvalue weighted by Crippen LogP contribution is -2.32. The van der Waals surface area contributed by atoms with Gasteiger partial charge in [0.2, 0.25) is 0 Å². The Balaban J connectivity index is 1.75. The van der Waals surface area contributed by atoms with Gasteiger partial charge in [0.1, 0.15) is 11.5 Å². The van der Waals surface area contributed by atoms with Crippen LogP contribution in [0.5, 0.6) is 11.5 Å². The van der Waals surface area contributed by atoms with Gasteiger partial charge in [-0.3, -0.25) is 0 Å². The predicted octanol–water partition coefficient (Wildman–Crippen LogP) is 2.45.